The van der Waals surface area contributed by atoms with Crippen LogP contribution in [0, 0.1) is 63.6 Å². The number of halogens is 10. The van der Waals surface area contributed by atoms with Crippen LogP contribution < -0.4 is 9.47 Å². The molecule has 0 unspecified atom stereocenters. The van der Waals surface area contributed by atoms with Crippen molar-refractivity contribution in [3.05, 3.63) is 69.8 Å². The molecule has 0 bridgehead atoms. The van der Waals surface area contributed by atoms with E-state index in [-0.39, 0.29) is 0 Å². The average molecular weight is 504 g/mol. The Morgan fingerprint density at radius 2 is 0.912 bits per heavy atom. The van der Waals surface area contributed by atoms with E-state index in [2.05, 4.69) is 14.2 Å². The lowest BCUT2D eigenvalue weighted by molar-refractivity contribution is -0.153. The fourth-order valence-corrected chi connectivity index (χ4v) is 2.69. The summed E-state index contributed by atoms with van der Waals surface area (Å²) in [6.45, 7) is -0.640. The first kappa shape index (κ1) is 25.0. The summed E-state index contributed by atoms with van der Waals surface area (Å²) in [4.78, 5) is 25.0. The number of ether oxygens (including phenoxy) is 3. The fraction of sp³-hybridized carbons (Fsp3) is 0.158. The third kappa shape index (κ3) is 3.65. The Morgan fingerprint density at radius 3 is 1.21 bits per heavy atom. The summed E-state index contributed by atoms with van der Waals surface area (Å²) >= 11 is 0. The minimum absolute atomic E-state index is 0.460. The van der Waals surface area contributed by atoms with Crippen LogP contribution in [0.2, 0.25) is 0 Å². The Morgan fingerprint density at radius 1 is 0.618 bits per heavy atom. The number of rotatable bonds is 6. The first-order chi connectivity index (χ1) is 15.8. The molecular formula is C19H6F10O5. The number of hydrogen-bond acceptors (Lipinski definition) is 5. The van der Waals surface area contributed by atoms with Crippen LogP contribution in [0.5, 0.6) is 11.5 Å². The summed E-state index contributed by atoms with van der Waals surface area (Å²) in [6, 6.07) is 0. The Hall–Kier alpha value is -3.62. The van der Waals surface area contributed by atoms with Gasteiger partial charge in [-0.25, -0.2) is 35.9 Å². The molecule has 0 radical (unpaired) electrons. The lowest BCUT2D eigenvalue weighted by atomic mass is 10.0. The van der Waals surface area contributed by atoms with Gasteiger partial charge < -0.3 is 14.2 Å². The van der Waals surface area contributed by atoms with Crippen LogP contribution in [0.15, 0.2) is 11.6 Å². The molecule has 0 spiro atoms. The van der Waals surface area contributed by atoms with Crippen molar-refractivity contribution in [2.75, 3.05) is 13.7 Å². The van der Waals surface area contributed by atoms with E-state index in [0.717, 1.165) is 7.11 Å². The molecular weight excluding hydrogens is 498 g/mol. The highest BCUT2D eigenvalue weighted by Gasteiger charge is 2.61. The number of carbonyl (C=O) groups is 2. The summed E-state index contributed by atoms with van der Waals surface area (Å²) in [5.74, 6) is -34.2. The van der Waals surface area contributed by atoms with E-state index in [1.807, 2.05) is 0 Å². The second-order valence-electron chi connectivity index (χ2n) is 6.49. The van der Waals surface area contributed by atoms with Gasteiger partial charge in [0.25, 0.3) is 0 Å². The predicted octanol–water partition coefficient (Wildman–Crippen LogP) is 4.16. The van der Waals surface area contributed by atoms with Gasteiger partial charge in [0.15, 0.2) is 0 Å². The second kappa shape index (κ2) is 8.62. The Kier molecular flexibility index (Phi) is 6.34. The first-order valence-corrected chi connectivity index (χ1v) is 8.49. The van der Waals surface area contributed by atoms with Crippen molar-refractivity contribution < 1.29 is 67.7 Å². The molecule has 34 heavy (non-hydrogen) atoms. The normalized spacial score (nSPS) is 14.0. The van der Waals surface area contributed by atoms with Gasteiger partial charge in [0, 0.05) is 7.11 Å². The van der Waals surface area contributed by atoms with Crippen molar-refractivity contribution in [2.24, 2.45) is 5.41 Å². The lowest BCUT2D eigenvalue weighted by Crippen LogP contribution is -2.37. The van der Waals surface area contributed by atoms with E-state index < -0.39 is 99.2 Å². The van der Waals surface area contributed by atoms with E-state index in [0.29, 0.717) is 6.08 Å². The average Bonchev–Trinajstić information content (AvgIpc) is 3.54. The monoisotopic (exact) mass is 504 g/mol. The standard InChI is InChI=1S/C19H6F10O5/c1-32-3-4-2-19(4,17(30)33-15-11(26)7(22)5(20)8(23)12(15)27)18(31)34-16-13(28)9(24)6(21)10(25)14(16)29/h2H,3H2,1H3. The summed E-state index contributed by atoms with van der Waals surface area (Å²) in [5.41, 5.74) is -3.38. The number of methoxy groups -OCH3 is 1. The summed E-state index contributed by atoms with van der Waals surface area (Å²) in [5, 5.41) is 0. The van der Waals surface area contributed by atoms with Crippen LogP contribution in [-0.2, 0) is 14.3 Å². The Labute approximate surface area is 181 Å². The highest BCUT2D eigenvalue weighted by atomic mass is 19.2. The van der Waals surface area contributed by atoms with Crippen LogP contribution in [0.3, 0.4) is 0 Å². The van der Waals surface area contributed by atoms with E-state index in [9.17, 15) is 53.5 Å². The highest BCUT2D eigenvalue weighted by Crippen LogP contribution is 2.48. The quantitative estimate of drug-likeness (QED) is 0.113. The molecule has 15 heteroatoms. The first-order valence-electron chi connectivity index (χ1n) is 8.49. The minimum atomic E-state index is -2.92. The molecule has 1 aliphatic carbocycles. The molecule has 182 valence electrons. The zero-order valence-electron chi connectivity index (χ0n) is 16.1. The smallest absolute Gasteiger partial charge is 0.337 e. The molecule has 0 heterocycles. The Bertz CT molecular complexity index is 1130. The molecule has 0 N–H and O–H groups in total. The van der Waals surface area contributed by atoms with Gasteiger partial charge in [-0.15, -0.1) is 0 Å². The van der Waals surface area contributed by atoms with Crippen molar-refractivity contribution in [3.63, 3.8) is 0 Å². The molecule has 0 fully saturated rings. The lowest BCUT2D eigenvalue weighted by Gasteiger charge is -2.18. The third-order valence-electron chi connectivity index (χ3n) is 4.49. The third-order valence-corrected chi connectivity index (χ3v) is 4.49. The van der Waals surface area contributed by atoms with Crippen LogP contribution >= 0.6 is 0 Å². The van der Waals surface area contributed by atoms with Gasteiger partial charge in [-0.2, -0.15) is 17.6 Å². The predicted molar refractivity (Wildman–Crippen MR) is 86.1 cm³/mol. The summed E-state index contributed by atoms with van der Waals surface area (Å²) in [6.07, 6.45) is 0.583. The van der Waals surface area contributed by atoms with Crippen LogP contribution in [0.25, 0.3) is 0 Å². The molecule has 5 nitrogen and oxygen atoms in total. The van der Waals surface area contributed by atoms with E-state index in [4.69, 9.17) is 0 Å². The number of esters is 2. The molecule has 1 aliphatic rings. The molecule has 0 saturated heterocycles. The molecule has 0 aliphatic heterocycles. The second-order valence-corrected chi connectivity index (χ2v) is 6.49. The van der Waals surface area contributed by atoms with Gasteiger partial charge in [0.1, 0.15) is 0 Å². The van der Waals surface area contributed by atoms with E-state index in [1.165, 1.54) is 0 Å². The number of carbonyl (C=O) groups excluding carboxylic acids is 2. The molecule has 2 aromatic carbocycles. The van der Waals surface area contributed by atoms with Crippen molar-refractivity contribution in [1.29, 1.82) is 0 Å². The highest BCUT2D eigenvalue weighted by molar-refractivity contribution is 6.12. The zero-order valence-corrected chi connectivity index (χ0v) is 16.1. The van der Waals surface area contributed by atoms with Crippen molar-refractivity contribution in [2.45, 2.75) is 0 Å². The molecule has 0 atom stereocenters. The summed E-state index contributed by atoms with van der Waals surface area (Å²) in [7, 11) is 1.01. The topological polar surface area (TPSA) is 61.8 Å². The number of benzene rings is 2. The fourth-order valence-electron chi connectivity index (χ4n) is 2.69. The van der Waals surface area contributed by atoms with Crippen LogP contribution in [0.4, 0.5) is 43.9 Å². The van der Waals surface area contributed by atoms with Gasteiger partial charge in [-0.05, 0) is 11.6 Å². The van der Waals surface area contributed by atoms with Crippen molar-refractivity contribution >= 4 is 11.9 Å². The minimum Gasteiger partial charge on any atom is -0.419 e. The maximum atomic E-state index is 13.8. The number of hydrogen-bond donors (Lipinski definition) is 0. The SMILES string of the molecule is COCC1=CC1(C(=O)Oc1c(F)c(F)c(F)c(F)c1F)C(=O)Oc1c(F)c(F)c(F)c(F)c1F. The van der Waals surface area contributed by atoms with Gasteiger partial charge in [-0.1, -0.05) is 0 Å². The summed E-state index contributed by atoms with van der Waals surface area (Å²) < 4.78 is 148. The van der Waals surface area contributed by atoms with Crippen LogP contribution in [0.1, 0.15) is 0 Å². The maximum Gasteiger partial charge on any atom is 0.337 e. The van der Waals surface area contributed by atoms with Crippen molar-refractivity contribution in [1.82, 2.24) is 0 Å². The van der Waals surface area contributed by atoms with Gasteiger partial charge in [0.05, 0.1) is 6.61 Å². The van der Waals surface area contributed by atoms with Crippen molar-refractivity contribution in [3.8, 4) is 11.5 Å². The van der Waals surface area contributed by atoms with Gasteiger partial charge in [-0.3, -0.25) is 0 Å². The molecule has 2 aromatic rings. The van der Waals surface area contributed by atoms with Gasteiger partial charge in [0.2, 0.25) is 75.1 Å². The zero-order chi connectivity index (χ0) is 25.7. The largest absolute Gasteiger partial charge is 0.419 e. The molecule has 0 amide bonds. The molecule has 3 rings (SSSR count). The Balaban J connectivity index is 2.01. The van der Waals surface area contributed by atoms with Crippen LogP contribution in [-0.4, -0.2) is 25.7 Å². The molecule has 0 aromatic heterocycles. The van der Waals surface area contributed by atoms with E-state index in [1.54, 1.807) is 0 Å². The molecule has 0 saturated carbocycles. The van der Waals surface area contributed by atoms with E-state index >= 15 is 0 Å². The van der Waals surface area contributed by atoms with Gasteiger partial charge >= 0.3 is 11.9 Å². The maximum absolute atomic E-state index is 13.8.